The maximum atomic E-state index is 5.84. The Bertz CT molecular complexity index is 953. The third-order valence-electron chi connectivity index (χ3n) is 5.00. The molecule has 4 aromatic rings. The zero-order valence-corrected chi connectivity index (χ0v) is 17.0. The van der Waals surface area contributed by atoms with Crippen molar-refractivity contribution < 1.29 is 4.74 Å². The topological polar surface area (TPSA) is 22.1 Å². The maximum absolute atomic E-state index is 5.84. The van der Waals surface area contributed by atoms with Gasteiger partial charge in [-0.1, -0.05) is 54.6 Å². The van der Waals surface area contributed by atoms with E-state index in [1.54, 1.807) is 7.11 Å². The quantitative estimate of drug-likeness (QED) is 0.485. The molecule has 0 aliphatic rings. The Morgan fingerprint density at radius 1 is 0.679 bits per heavy atom. The van der Waals surface area contributed by atoms with Crippen molar-refractivity contribution in [1.82, 2.24) is 4.98 Å². The molecule has 0 saturated carbocycles. The number of hydrogen-bond acceptors (Lipinski definition) is 2. The summed E-state index contributed by atoms with van der Waals surface area (Å²) in [6.45, 7) is 2.04. The molecule has 0 bridgehead atoms. The molecule has 0 atom stereocenters. The molecule has 3 aromatic carbocycles. The van der Waals surface area contributed by atoms with Crippen molar-refractivity contribution in [2.75, 3.05) is 7.11 Å². The normalized spacial score (nSPS) is 11.2. The van der Waals surface area contributed by atoms with Gasteiger partial charge in [0.15, 0.2) is 11.1 Å². The van der Waals surface area contributed by atoms with E-state index in [0.717, 1.165) is 11.4 Å². The second kappa shape index (κ2) is 7.96. The van der Waals surface area contributed by atoms with Crippen LogP contribution in [-0.2, 0) is 0 Å². The van der Waals surface area contributed by atoms with Gasteiger partial charge in [-0.3, -0.25) is 4.98 Å². The van der Waals surface area contributed by atoms with Crippen LogP contribution in [-0.4, -0.2) is 12.1 Å². The third-order valence-corrected chi connectivity index (χ3v) is 9.29. The van der Waals surface area contributed by atoms with E-state index < -0.39 is 7.26 Å². The standard InChI is InChI=1S/C25H23NOP/c1-20-18-25(24(27-2)19-26-20)28(21-12-6-3-7-13-21,22-14-8-4-9-15-22)23-16-10-5-11-17-23/h3-19H,1-2H3/q+1. The predicted molar refractivity (Wildman–Crippen MR) is 120 cm³/mol. The molecular weight excluding hydrogens is 361 g/mol. The van der Waals surface area contributed by atoms with Gasteiger partial charge in [-0.15, -0.1) is 0 Å². The molecule has 0 aliphatic heterocycles. The van der Waals surface area contributed by atoms with E-state index in [-0.39, 0.29) is 0 Å². The Kier molecular flexibility index (Phi) is 5.23. The van der Waals surface area contributed by atoms with Crippen molar-refractivity contribution in [3.8, 4) is 5.75 Å². The Balaban J connectivity index is 2.19. The number of pyridine rings is 1. The lowest BCUT2D eigenvalue weighted by atomic mass is 10.3. The molecule has 138 valence electrons. The van der Waals surface area contributed by atoms with Gasteiger partial charge in [-0.25, -0.2) is 0 Å². The van der Waals surface area contributed by atoms with Crippen molar-refractivity contribution in [2.45, 2.75) is 6.92 Å². The van der Waals surface area contributed by atoms with E-state index in [1.165, 1.54) is 21.2 Å². The van der Waals surface area contributed by atoms with E-state index in [4.69, 9.17) is 4.74 Å². The molecule has 3 heteroatoms. The second-order valence-electron chi connectivity index (χ2n) is 6.68. The molecule has 4 rings (SSSR count). The van der Waals surface area contributed by atoms with Crippen molar-refractivity contribution in [2.24, 2.45) is 0 Å². The van der Waals surface area contributed by atoms with E-state index in [1.807, 2.05) is 13.1 Å². The molecule has 28 heavy (non-hydrogen) atoms. The fourth-order valence-electron chi connectivity index (χ4n) is 3.77. The van der Waals surface area contributed by atoms with Gasteiger partial charge in [-0.05, 0) is 43.3 Å². The Morgan fingerprint density at radius 2 is 1.11 bits per heavy atom. The largest absolute Gasteiger partial charge is 0.491 e. The van der Waals surface area contributed by atoms with E-state index in [9.17, 15) is 0 Å². The fraction of sp³-hybridized carbons (Fsp3) is 0.0800. The van der Waals surface area contributed by atoms with Crippen LogP contribution in [0.2, 0.25) is 0 Å². The smallest absolute Gasteiger partial charge is 0.180 e. The summed E-state index contributed by atoms with van der Waals surface area (Å²) in [7, 11) is -0.424. The molecule has 0 amide bonds. The van der Waals surface area contributed by atoms with Gasteiger partial charge in [0, 0.05) is 11.8 Å². The summed E-state index contributed by atoms with van der Waals surface area (Å²) >= 11 is 0. The SMILES string of the molecule is COc1cnc(C)cc1[P+](c1ccccc1)(c1ccccc1)c1ccccc1. The highest BCUT2D eigenvalue weighted by Crippen LogP contribution is 2.56. The number of methoxy groups -OCH3 is 1. The van der Waals surface area contributed by atoms with Gasteiger partial charge in [0.1, 0.15) is 23.2 Å². The Morgan fingerprint density at radius 3 is 1.50 bits per heavy atom. The van der Waals surface area contributed by atoms with Crippen LogP contribution >= 0.6 is 7.26 Å². The number of aryl methyl sites for hydroxylation is 1. The molecule has 1 aromatic heterocycles. The molecule has 0 N–H and O–H groups in total. The first-order valence-corrected chi connectivity index (χ1v) is 11.1. The molecule has 0 radical (unpaired) electrons. The molecule has 0 fully saturated rings. The first-order chi connectivity index (χ1) is 13.8. The van der Waals surface area contributed by atoms with Crippen LogP contribution in [0, 0.1) is 6.92 Å². The molecule has 1 heterocycles. The highest BCUT2D eigenvalue weighted by Gasteiger charge is 2.50. The van der Waals surface area contributed by atoms with Gasteiger partial charge in [0.25, 0.3) is 0 Å². The summed E-state index contributed by atoms with van der Waals surface area (Å²) in [6, 6.07) is 34.6. The van der Waals surface area contributed by atoms with Crippen LogP contribution in [0.1, 0.15) is 5.69 Å². The molecule has 2 nitrogen and oxygen atoms in total. The van der Waals surface area contributed by atoms with E-state index in [0.29, 0.717) is 0 Å². The number of benzene rings is 3. The van der Waals surface area contributed by atoms with Gasteiger partial charge in [-0.2, -0.15) is 0 Å². The van der Waals surface area contributed by atoms with E-state index in [2.05, 4.69) is 102 Å². The highest BCUT2D eigenvalue weighted by atomic mass is 31.2. The van der Waals surface area contributed by atoms with Crippen molar-refractivity contribution in [3.05, 3.63) is 109 Å². The van der Waals surface area contributed by atoms with Crippen LogP contribution in [0.4, 0.5) is 0 Å². The van der Waals surface area contributed by atoms with Gasteiger partial charge in [0.2, 0.25) is 0 Å². The van der Waals surface area contributed by atoms with Crippen molar-refractivity contribution >= 4 is 28.5 Å². The number of nitrogens with zero attached hydrogens (tertiary/aromatic N) is 1. The van der Waals surface area contributed by atoms with Gasteiger partial charge in [0.05, 0.1) is 13.3 Å². The lowest BCUT2D eigenvalue weighted by Gasteiger charge is -2.28. The first kappa shape index (κ1) is 18.4. The molecule has 0 aliphatic carbocycles. The summed E-state index contributed by atoms with van der Waals surface area (Å²) in [5.74, 6) is 0.829. The van der Waals surface area contributed by atoms with Crippen molar-refractivity contribution in [1.29, 1.82) is 0 Å². The minimum atomic E-state index is -2.15. The summed E-state index contributed by atoms with van der Waals surface area (Å²) in [5.41, 5.74) is 0.989. The zero-order valence-electron chi connectivity index (χ0n) is 16.1. The summed E-state index contributed by atoms with van der Waals surface area (Å²) in [4.78, 5) is 4.50. The van der Waals surface area contributed by atoms with Crippen LogP contribution in [0.15, 0.2) is 103 Å². The summed E-state index contributed by atoms with van der Waals surface area (Å²) < 4.78 is 5.84. The van der Waals surface area contributed by atoms with Gasteiger partial charge < -0.3 is 4.74 Å². The number of aromatic nitrogens is 1. The summed E-state index contributed by atoms with van der Waals surface area (Å²) in [5, 5.41) is 5.11. The van der Waals surface area contributed by atoms with Crippen LogP contribution in [0.25, 0.3) is 0 Å². The highest BCUT2D eigenvalue weighted by molar-refractivity contribution is 8.01. The lowest BCUT2D eigenvalue weighted by Crippen LogP contribution is -2.39. The summed E-state index contributed by atoms with van der Waals surface area (Å²) in [6.07, 6.45) is 1.86. The van der Waals surface area contributed by atoms with Crippen molar-refractivity contribution in [3.63, 3.8) is 0 Å². The van der Waals surface area contributed by atoms with Crippen LogP contribution in [0.3, 0.4) is 0 Å². The predicted octanol–water partition coefficient (Wildman–Crippen LogP) is 4.02. The molecular formula is C25H23NOP+. The lowest BCUT2D eigenvalue weighted by molar-refractivity contribution is 0.416. The fourth-order valence-corrected chi connectivity index (χ4v) is 8.22. The monoisotopic (exact) mass is 384 g/mol. The average Bonchev–Trinajstić information content (AvgIpc) is 2.77. The molecule has 0 spiro atoms. The zero-order chi connectivity index (χ0) is 19.4. The Labute approximate surface area is 167 Å². The van der Waals surface area contributed by atoms with E-state index >= 15 is 0 Å². The van der Waals surface area contributed by atoms with Gasteiger partial charge >= 0.3 is 0 Å². The average molecular weight is 384 g/mol. The second-order valence-corrected chi connectivity index (χ2v) is 10.0. The number of hydrogen-bond donors (Lipinski definition) is 0. The minimum absolute atomic E-state index is 0.829. The Hall–Kier alpha value is -2.96. The third kappa shape index (κ3) is 3.10. The maximum Gasteiger partial charge on any atom is 0.180 e. The van der Waals surface area contributed by atoms with Crippen LogP contribution in [0.5, 0.6) is 5.75 Å². The number of ether oxygens (including phenoxy) is 1. The first-order valence-electron chi connectivity index (χ1n) is 9.34. The molecule has 0 unspecified atom stereocenters. The molecule has 0 saturated heterocycles. The minimum Gasteiger partial charge on any atom is -0.491 e. The number of rotatable bonds is 5. The van der Waals surface area contributed by atoms with Crippen LogP contribution < -0.4 is 26.0 Å².